The topological polar surface area (TPSA) is 87.7 Å². The molecular weight excluding hydrogens is 310 g/mol. The van der Waals surface area contributed by atoms with Crippen molar-refractivity contribution in [3.05, 3.63) is 54.1 Å². The molecule has 1 atom stereocenters. The van der Waals surface area contributed by atoms with Gasteiger partial charge in [0.1, 0.15) is 12.7 Å². The third-order valence-electron chi connectivity index (χ3n) is 3.67. The molecular formula is C18H16NO5-. The normalized spacial score (nSPS) is 15.6. The molecule has 2 aromatic rings. The molecule has 0 bridgehead atoms. The molecule has 2 aromatic carbocycles. The molecule has 1 aliphatic heterocycles. The maximum Gasteiger partial charge on any atom is 0.224 e. The zero-order valence-electron chi connectivity index (χ0n) is 12.9. The molecule has 1 heterocycles. The highest BCUT2D eigenvalue weighted by Gasteiger charge is 2.21. The maximum atomic E-state index is 12.0. The molecule has 0 unspecified atom stereocenters. The average molecular weight is 326 g/mol. The highest BCUT2D eigenvalue weighted by atomic mass is 16.6. The van der Waals surface area contributed by atoms with Crippen LogP contribution in [0.1, 0.15) is 23.2 Å². The second-order valence-electron chi connectivity index (χ2n) is 5.45. The molecule has 24 heavy (non-hydrogen) atoms. The van der Waals surface area contributed by atoms with E-state index < -0.39 is 5.97 Å². The lowest BCUT2D eigenvalue weighted by Crippen LogP contribution is -2.30. The van der Waals surface area contributed by atoms with Gasteiger partial charge in [0.15, 0.2) is 11.5 Å². The van der Waals surface area contributed by atoms with Gasteiger partial charge in [-0.3, -0.25) is 4.79 Å². The molecule has 0 aliphatic carbocycles. The molecule has 0 spiro atoms. The second kappa shape index (κ2) is 7.04. The van der Waals surface area contributed by atoms with Gasteiger partial charge in [-0.05, 0) is 36.2 Å². The summed E-state index contributed by atoms with van der Waals surface area (Å²) in [6.07, 6.45) is 0.626. The highest BCUT2D eigenvalue weighted by molar-refractivity contribution is 5.92. The van der Waals surface area contributed by atoms with Gasteiger partial charge in [0.2, 0.25) is 5.91 Å². The van der Waals surface area contributed by atoms with E-state index in [2.05, 4.69) is 5.32 Å². The van der Waals surface area contributed by atoms with Gasteiger partial charge in [0.25, 0.3) is 0 Å². The van der Waals surface area contributed by atoms with E-state index >= 15 is 0 Å². The molecule has 0 saturated heterocycles. The van der Waals surface area contributed by atoms with Crippen LogP contribution in [-0.2, 0) is 4.79 Å². The van der Waals surface area contributed by atoms with Crippen LogP contribution < -0.4 is 19.9 Å². The van der Waals surface area contributed by atoms with Gasteiger partial charge in [-0.2, -0.15) is 0 Å². The Bertz CT molecular complexity index is 741. The summed E-state index contributed by atoms with van der Waals surface area (Å²) in [5, 5.41) is 13.4. The average Bonchev–Trinajstić information content (AvgIpc) is 2.60. The number of para-hydroxylation sites is 2. The Hall–Kier alpha value is -3.02. The number of benzene rings is 2. The van der Waals surface area contributed by atoms with Crippen molar-refractivity contribution in [2.24, 2.45) is 0 Å². The van der Waals surface area contributed by atoms with Crippen molar-refractivity contribution < 1.29 is 24.2 Å². The first-order chi connectivity index (χ1) is 11.6. The summed E-state index contributed by atoms with van der Waals surface area (Å²) >= 11 is 0. The summed E-state index contributed by atoms with van der Waals surface area (Å²) in [7, 11) is 0. The highest BCUT2D eigenvalue weighted by Crippen LogP contribution is 2.31. The van der Waals surface area contributed by atoms with Crippen molar-refractivity contribution in [1.82, 2.24) is 0 Å². The van der Waals surface area contributed by atoms with Crippen LogP contribution in [0.4, 0.5) is 5.69 Å². The third kappa shape index (κ3) is 3.84. The Morgan fingerprint density at radius 3 is 2.50 bits per heavy atom. The molecule has 1 aliphatic rings. The predicted octanol–water partition coefficient (Wildman–Crippen LogP) is 1.61. The van der Waals surface area contributed by atoms with Crippen LogP contribution >= 0.6 is 0 Å². The number of hydrogen-bond acceptors (Lipinski definition) is 5. The van der Waals surface area contributed by atoms with Gasteiger partial charge >= 0.3 is 0 Å². The Morgan fingerprint density at radius 1 is 1.08 bits per heavy atom. The lowest BCUT2D eigenvalue weighted by atomic mass is 10.1. The minimum absolute atomic E-state index is 0.0689. The molecule has 6 heteroatoms. The van der Waals surface area contributed by atoms with Crippen LogP contribution in [-0.4, -0.2) is 24.6 Å². The summed E-state index contributed by atoms with van der Waals surface area (Å²) in [4.78, 5) is 22.7. The van der Waals surface area contributed by atoms with Crippen LogP contribution in [0.5, 0.6) is 11.5 Å². The number of anilines is 1. The number of aromatic carboxylic acids is 1. The van der Waals surface area contributed by atoms with Gasteiger partial charge < -0.3 is 24.7 Å². The van der Waals surface area contributed by atoms with E-state index in [0.29, 0.717) is 30.2 Å². The van der Waals surface area contributed by atoms with Crippen molar-refractivity contribution in [3.8, 4) is 11.5 Å². The van der Waals surface area contributed by atoms with E-state index in [1.54, 1.807) is 0 Å². The molecule has 3 rings (SSSR count). The summed E-state index contributed by atoms with van der Waals surface area (Å²) < 4.78 is 11.4. The van der Waals surface area contributed by atoms with Crippen LogP contribution in [0.15, 0.2) is 48.5 Å². The predicted molar refractivity (Wildman–Crippen MR) is 85.0 cm³/mol. The number of ether oxygens (including phenoxy) is 2. The lowest BCUT2D eigenvalue weighted by Gasteiger charge is -2.26. The standard InChI is InChI=1S/C18H17NO5/c20-17(19-13-7-5-12(6-8-13)18(21)22)10-9-14-11-23-15-3-1-2-4-16(15)24-14/h1-8,14H,9-11H2,(H,19,20)(H,21,22)/p-1/t14-/m0/s1. The first-order valence-electron chi connectivity index (χ1n) is 7.61. The summed E-state index contributed by atoms with van der Waals surface area (Å²) in [6.45, 7) is 0.407. The molecule has 0 radical (unpaired) electrons. The molecule has 124 valence electrons. The van der Waals surface area contributed by atoms with Crippen LogP contribution in [0, 0.1) is 0 Å². The van der Waals surface area contributed by atoms with Gasteiger partial charge in [0, 0.05) is 12.1 Å². The summed E-state index contributed by atoms with van der Waals surface area (Å²) in [5.74, 6) is -0.0143. The zero-order chi connectivity index (χ0) is 16.9. The molecule has 0 aromatic heterocycles. The Kier molecular flexibility index (Phi) is 4.65. The molecule has 0 fully saturated rings. The number of amides is 1. The fourth-order valence-electron chi connectivity index (χ4n) is 2.41. The number of fused-ring (bicyclic) bond motifs is 1. The number of carboxylic acid groups (broad SMARTS) is 1. The molecule has 1 amide bonds. The van der Waals surface area contributed by atoms with Gasteiger partial charge in [-0.15, -0.1) is 0 Å². The van der Waals surface area contributed by atoms with Crippen molar-refractivity contribution >= 4 is 17.6 Å². The van der Waals surface area contributed by atoms with Crippen molar-refractivity contribution in [2.75, 3.05) is 11.9 Å². The largest absolute Gasteiger partial charge is 0.545 e. The minimum Gasteiger partial charge on any atom is -0.545 e. The Labute approximate surface area is 139 Å². The number of hydrogen-bond donors (Lipinski definition) is 1. The number of carbonyl (C=O) groups is 2. The van der Waals surface area contributed by atoms with E-state index in [4.69, 9.17) is 9.47 Å². The van der Waals surface area contributed by atoms with Gasteiger partial charge in [-0.1, -0.05) is 24.3 Å². The van der Waals surface area contributed by atoms with E-state index in [-0.39, 0.29) is 24.0 Å². The summed E-state index contributed by atoms with van der Waals surface area (Å²) in [5.41, 5.74) is 0.607. The Morgan fingerprint density at radius 2 is 1.79 bits per heavy atom. The number of rotatable bonds is 5. The van der Waals surface area contributed by atoms with E-state index in [1.807, 2.05) is 24.3 Å². The summed E-state index contributed by atoms with van der Waals surface area (Å²) in [6, 6.07) is 13.3. The van der Waals surface area contributed by atoms with E-state index in [9.17, 15) is 14.7 Å². The minimum atomic E-state index is -1.25. The number of carboxylic acids is 1. The SMILES string of the molecule is O=C(CC[C@H]1COc2ccccc2O1)Nc1ccc(C(=O)[O-])cc1. The number of carbonyl (C=O) groups excluding carboxylic acids is 2. The van der Waals surface area contributed by atoms with E-state index in [1.165, 1.54) is 24.3 Å². The quantitative estimate of drug-likeness (QED) is 0.902. The van der Waals surface area contributed by atoms with Crippen molar-refractivity contribution in [3.63, 3.8) is 0 Å². The number of nitrogens with one attached hydrogen (secondary N) is 1. The fourth-order valence-corrected chi connectivity index (χ4v) is 2.41. The fraction of sp³-hybridized carbons (Fsp3) is 0.222. The Balaban J connectivity index is 1.48. The van der Waals surface area contributed by atoms with Crippen molar-refractivity contribution in [2.45, 2.75) is 18.9 Å². The van der Waals surface area contributed by atoms with E-state index in [0.717, 1.165) is 0 Å². The maximum absolute atomic E-state index is 12.0. The zero-order valence-corrected chi connectivity index (χ0v) is 12.9. The van der Waals surface area contributed by atoms with Crippen LogP contribution in [0.25, 0.3) is 0 Å². The molecule has 6 nitrogen and oxygen atoms in total. The van der Waals surface area contributed by atoms with Crippen LogP contribution in [0.3, 0.4) is 0 Å². The van der Waals surface area contributed by atoms with Crippen LogP contribution in [0.2, 0.25) is 0 Å². The molecule has 1 N–H and O–H groups in total. The first kappa shape index (κ1) is 15.9. The van der Waals surface area contributed by atoms with Gasteiger partial charge in [-0.25, -0.2) is 0 Å². The second-order valence-corrected chi connectivity index (χ2v) is 5.45. The molecule has 0 saturated carbocycles. The smallest absolute Gasteiger partial charge is 0.224 e. The lowest BCUT2D eigenvalue weighted by molar-refractivity contribution is -0.255. The van der Waals surface area contributed by atoms with Crippen molar-refractivity contribution in [1.29, 1.82) is 0 Å². The monoisotopic (exact) mass is 326 g/mol. The third-order valence-corrected chi connectivity index (χ3v) is 3.67. The van der Waals surface area contributed by atoms with Gasteiger partial charge in [0.05, 0.1) is 5.97 Å². The first-order valence-corrected chi connectivity index (χ1v) is 7.61.